The molecule has 1 aromatic heterocycles. The van der Waals surface area contributed by atoms with Crippen LogP contribution in [0.25, 0.3) is 0 Å². The molecule has 1 heterocycles. The highest BCUT2D eigenvalue weighted by atomic mass is 16.3. The highest BCUT2D eigenvalue weighted by Gasteiger charge is 2.24. The number of amides is 1. The average Bonchev–Trinajstić information content (AvgIpc) is 2.83. The summed E-state index contributed by atoms with van der Waals surface area (Å²) in [7, 11) is 1.67. The summed E-state index contributed by atoms with van der Waals surface area (Å²) in [6.07, 6.45) is 1.25. The normalized spacial score (nSPS) is 12.2. The van der Waals surface area contributed by atoms with Crippen molar-refractivity contribution in [2.75, 3.05) is 7.05 Å². The zero-order chi connectivity index (χ0) is 14.0. The van der Waals surface area contributed by atoms with Crippen molar-refractivity contribution >= 4 is 5.91 Å². The minimum absolute atomic E-state index is 0.170. The summed E-state index contributed by atoms with van der Waals surface area (Å²) in [4.78, 5) is 17.7. The average molecular weight is 260 g/mol. The van der Waals surface area contributed by atoms with Crippen LogP contribution in [-0.4, -0.2) is 27.9 Å². The molecule has 1 N–H and O–H groups in total. The Morgan fingerprint density at radius 2 is 2.11 bits per heavy atom. The first kappa shape index (κ1) is 13.1. The molecular formula is C14H16N2O3. The van der Waals surface area contributed by atoms with Crippen molar-refractivity contribution in [3.8, 4) is 5.75 Å². The number of carbonyl (C=O) groups is 1. The van der Waals surface area contributed by atoms with E-state index in [0.717, 1.165) is 0 Å². The van der Waals surface area contributed by atoms with Crippen molar-refractivity contribution in [1.29, 1.82) is 0 Å². The molecule has 2 aromatic rings. The van der Waals surface area contributed by atoms with E-state index >= 15 is 0 Å². The highest BCUT2D eigenvalue weighted by Crippen LogP contribution is 2.28. The van der Waals surface area contributed by atoms with Gasteiger partial charge in [0.2, 0.25) is 5.76 Å². The molecule has 5 nitrogen and oxygen atoms in total. The lowest BCUT2D eigenvalue weighted by Gasteiger charge is -2.25. The Kier molecular flexibility index (Phi) is 3.55. The van der Waals surface area contributed by atoms with E-state index in [-0.39, 0.29) is 23.5 Å². The van der Waals surface area contributed by atoms with E-state index in [1.54, 1.807) is 32.2 Å². The number of hydrogen-bond acceptors (Lipinski definition) is 4. The molecule has 1 atom stereocenters. The Balaban J connectivity index is 2.25. The fourth-order valence-corrected chi connectivity index (χ4v) is 1.89. The van der Waals surface area contributed by atoms with Crippen LogP contribution in [0.4, 0.5) is 0 Å². The summed E-state index contributed by atoms with van der Waals surface area (Å²) >= 11 is 0. The zero-order valence-electron chi connectivity index (χ0n) is 11.1. The number of oxazole rings is 1. The molecule has 0 aliphatic heterocycles. The quantitative estimate of drug-likeness (QED) is 0.920. The topological polar surface area (TPSA) is 66.6 Å². The van der Waals surface area contributed by atoms with Gasteiger partial charge in [0.25, 0.3) is 5.91 Å². The Morgan fingerprint density at radius 3 is 2.68 bits per heavy atom. The number of benzene rings is 1. The molecule has 1 aromatic carbocycles. The van der Waals surface area contributed by atoms with Crippen molar-refractivity contribution < 1.29 is 14.3 Å². The summed E-state index contributed by atoms with van der Waals surface area (Å²) in [5.74, 6) is 0.138. The number of phenolic OH excluding ortho intramolecular Hbond substituents is 1. The number of rotatable bonds is 3. The molecule has 0 radical (unpaired) electrons. The first-order chi connectivity index (χ1) is 9.02. The second kappa shape index (κ2) is 5.14. The number of aryl methyl sites for hydroxylation is 1. The van der Waals surface area contributed by atoms with Gasteiger partial charge < -0.3 is 14.4 Å². The van der Waals surface area contributed by atoms with Gasteiger partial charge in [-0.2, -0.15) is 0 Å². The molecule has 2 rings (SSSR count). The number of para-hydroxylation sites is 1. The maximum absolute atomic E-state index is 12.3. The number of nitrogens with zero attached hydrogens (tertiary/aromatic N) is 2. The minimum Gasteiger partial charge on any atom is -0.508 e. The van der Waals surface area contributed by atoms with Crippen molar-refractivity contribution in [3.05, 3.63) is 47.7 Å². The van der Waals surface area contributed by atoms with E-state index < -0.39 is 0 Å². The maximum Gasteiger partial charge on any atom is 0.291 e. The summed E-state index contributed by atoms with van der Waals surface area (Å²) in [6.45, 7) is 3.56. The first-order valence-corrected chi connectivity index (χ1v) is 5.97. The fraction of sp³-hybridized carbons (Fsp3) is 0.286. The van der Waals surface area contributed by atoms with E-state index in [0.29, 0.717) is 11.3 Å². The number of phenols is 1. The molecule has 1 amide bonds. The fourth-order valence-electron chi connectivity index (χ4n) is 1.89. The van der Waals surface area contributed by atoms with Crippen LogP contribution in [0.1, 0.15) is 34.8 Å². The molecule has 0 aliphatic rings. The Morgan fingerprint density at radius 1 is 1.42 bits per heavy atom. The van der Waals surface area contributed by atoms with Crippen LogP contribution in [0.5, 0.6) is 5.75 Å². The van der Waals surface area contributed by atoms with Gasteiger partial charge in [-0.3, -0.25) is 4.79 Å². The van der Waals surface area contributed by atoms with Gasteiger partial charge in [-0.1, -0.05) is 18.2 Å². The van der Waals surface area contributed by atoms with Crippen LogP contribution in [0, 0.1) is 6.92 Å². The maximum atomic E-state index is 12.3. The summed E-state index contributed by atoms with van der Waals surface area (Å²) in [6, 6.07) is 6.69. The van der Waals surface area contributed by atoms with Gasteiger partial charge in [-0.05, 0) is 19.9 Å². The second-order valence-electron chi connectivity index (χ2n) is 4.42. The third kappa shape index (κ3) is 2.45. The number of hydrogen-bond donors (Lipinski definition) is 1. The monoisotopic (exact) mass is 260 g/mol. The van der Waals surface area contributed by atoms with E-state index in [2.05, 4.69) is 4.98 Å². The Labute approximate surface area is 111 Å². The Hall–Kier alpha value is -2.30. The zero-order valence-corrected chi connectivity index (χ0v) is 11.1. The van der Waals surface area contributed by atoms with Crippen LogP contribution in [0.3, 0.4) is 0 Å². The molecule has 0 bridgehead atoms. The van der Waals surface area contributed by atoms with Crippen molar-refractivity contribution in [2.45, 2.75) is 19.9 Å². The van der Waals surface area contributed by atoms with Crippen molar-refractivity contribution in [1.82, 2.24) is 9.88 Å². The predicted octanol–water partition coefficient (Wildman–Crippen LogP) is 2.52. The Bertz CT molecular complexity index is 592. The third-order valence-corrected chi connectivity index (χ3v) is 3.23. The molecule has 1 unspecified atom stereocenters. The molecule has 19 heavy (non-hydrogen) atoms. The van der Waals surface area contributed by atoms with Gasteiger partial charge in [-0.25, -0.2) is 4.98 Å². The lowest BCUT2D eigenvalue weighted by Crippen LogP contribution is -2.29. The van der Waals surface area contributed by atoms with Gasteiger partial charge in [0.05, 0.1) is 11.7 Å². The molecule has 0 saturated heterocycles. The van der Waals surface area contributed by atoms with E-state index in [1.807, 2.05) is 13.0 Å². The van der Waals surface area contributed by atoms with Crippen LogP contribution in [0.2, 0.25) is 0 Å². The lowest BCUT2D eigenvalue weighted by molar-refractivity contribution is 0.0708. The molecule has 0 saturated carbocycles. The number of aromatic nitrogens is 1. The van der Waals surface area contributed by atoms with Crippen LogP contribution in [-0.2, 0) is 0 Å². The number of carbonyl (C=O) groups excluding carboxylic acids is 1. The predicted molar refractivity (Wildman–Crippen MR) is 69.9 cm³/mol. The smallest absolute Gasteiger partial charge is 0.291 e. The van der Waals surface area contributed by atoms with Gasteiger partial charge in [0.1, 0.15) is 5.75 Å². The van der Waals surface area contributed by atoms with E-state index in [1.165, 1.54) is 11.3 Å². The summed E-state index contributed by atoms with van der Waals surface area (Å²) < 4.78 is 5.10. The lowest BCUT2D eigenvalue weighted by atomic mass is 10.1. The largest absolute Gasteiger partial charge is 0.508 e. The SMILES string of the molecule is Cc1ncoc1C(=O)N(C)C(C)c1ccccc1O. The van der Waals surface area contributed by atoms with Crippen molar-refractivity contribution in [2.24, 2.45) is 0 Å². The number of aromatic hydroxyl groups is 1. The molecule has 5 heteroatoms. The van der Waals surface area contributed by atoms with Crippen LogP contribution >= 0.6 is 0 Å². The first-order valence-electron chi connectivity index (χ1n) is 5.97. The van der Waals surface area contributed by atoms with Gasteiger partial charge in [-0.15, -0.1) is 0 Å². The summed E-state index contributed by atoms with van der Waals surface area (Å²) in [5, 5.41) is 9.82. The second-order valence-corrected chi connectivity index (χ2v) is 4.42. The van der Waals surface area contributed by atoms with E-state index in [9.17, 15) is 9.90 Å². The molecule has 0 spiro atoms. The summed E-state index contributed by atoms with van der Waals surface area (Å²) in [5.41, 5.74) is 1.25. The minimum atomic E-state index is -0.266. The molecular weight excluding hydrogens is 244 g/mol. The standard InChI is InChI=1S/C14H16N2O3/c1-9-13(19-8-15-9)14(18)16(3)10(2)11-6-4-5-7-12(11)17/h4-8,10,17H,1-3H3. The third-order valence-electron chi connectivity index (χ3n) is 3.23. The van der Waals surface area contributed by atoms with Gasteiger partial charge >= 0.3 is 0 Å². The molecule has 0 aliphatic carbocycles. The molecule has 100 valence electrons. The van der Waals surface area contributed by atoms with E-state index in [4.69, 9.17) is 4.42 Å². The van der Waals surface area contributed by atoms with Gasteiger partial charge in [0, 0.05) is 12.6 Å². The van der Waals surface area contributed by atoms with Crippen molar-refractivity contribution in [3.63, 3.8) is 0 Å². The molecule has 0 fully saturated rings. The van der Waals surface area contributed by atoms with Crippen LogP contribution < -0.4 is 0 Å². The van der Waals surface area contributed by atoms with Gasteiger partial charge in [0.15, 0.2) is 6.39 Å². The van der Waals surface area contributed by atoms with Crippen LogP contribution in [0.15, 0.2) is 35.1 Å². The highest BCUT2D eigenvalue weighted by molar-refractivity contribution is 5.92.